The maximum absolute atomic E-state index is 13.0. The van der Waals surface area contributed by atoms with Gasteiger partial charge in [-0.1, -0.05) is 17.7 Å². The lowest BCUT2D eigenvalue weighted by Crippen LogP contribution is -2.55. The Morgan fingerprint density at radius 1 is 1.23 bits per heavy atom. The Morgan fingerprint density at radius 3 is 2.65 bits per heavy atom. The summed E-state index contributed by atoms with van der Waals surface area (Å²) >= 11 is 6.07. The van der Waals surface area contributed by atoms with Crippen molar-refractivity contribution < 1.29 is 19.7 Å². The summed E-state index contributed by atoms with van der Waals surface area (Å²) in [6, 6.07) is 7.50. The predicted molar refractivity (Wildman–Crippen MR) is 98.4 cm³/mol. The Labute approximate surface area is 156 Å². The van der Waals surface area contributed by atoms with E-state index in [-0.39, 0.29) is 12.5 Å². The maximum Gasteiger partial charge on any atom is 0.270 e. The van der Waals surface area contributed by atoms with Crippen LogP contribution >= 0.6 is 11.6 Å². The predicted octanol–water partition coefficient (Wildman–Crippen LogP) is 1.95. The number of aromatic nitrogens is 1. The van der Waals surface area contributed by atoms with Crippen LogP contribution in [0.1, 0.15) is 29.8 Å². The molecule has 0 bridgehead atoms. The van der Waals surface area contributed by atoms with Gasteiger partial charge in [0.1, 0.15) is 11.8 Å². The number of halogens is 1. The van der Waals surface area contributed by atoms with E-state index >= 15 is 0 Å². The van der Waals surface area contributed by atoms with Crippen molar-refractivity contribution in [3.8, 4) is 0 Å². The fourth-order valence-electron chi connectivity index (χ4n) is 4.09. The number of carbonyl (C=O) groups excluding carboxylic acids is 1. The number of aliphatic hydroxyl groups excluding tert-OH is 2. The van der Waals surface area contributed by atoms with Crippen molar-refractivity contribution in [1.29, 1.82) is 0 Å². The zero-order valence-electron chi connectivity index (χ0n) is 14.7. The van der Waals surface area contributed by atoms with E-state index in [2.05, 4.69) is 0 Å². The van der Waals surface area contributed by atoms with Gasteiger partial charge in [0.2, 0.25) is 0 Å². The van der Waals surface area contributed by atoms with Gasteiger partial charge >= 0.3 is 0 Å². The van der Waals surface area contributed by atoms with Crippen molar-refractivity contribution in [2.45, 2.75) is 37.1 Å². The van der Waals surface area contributed by atoms with Gasteiger partial charge in [-0.25, -0.2) is 0 Å². The summed E-state index contributed by atoms with van der Waals surface area (Å²) in [4.78, 5) is 14.8. The van der Waals surface area contributed by atoms with Crippen LogP contribution in [-0.2, 0) is 11.8 Å². The first kappa shape index (κ1) is 17.8. The molecule has 7 heteroatoms. The maximum atomic E-state index is 13.0. The van der Waals surface area contributed by atoms with Gasteiger partial charge < -0.3 is 24.4 Å². The quantitative estimate of drug-likeness (QED) is 0.795. The minimum Gasteiger partial charge on any atom is -0.390 e. The molecule has 1 aromatic carbocycles. The molecule has 2 saturated heterocycles. The highest BCUT2D eigenvalue weighted by molar-refractivity contribution is 6.31. The van der Waals surface area contributed by atoms with Crippen LogP contribution in [0.5, 0.6) is 0 Å². The number of aryl methyl sites for hydroxylation is 1. The van der Waals surface area contributed by atoms with E-state index in [1.807, 2.05) is 40.8 Å². The molecule has 3 heterocycles. The van der Waals surface area contributed by atoms with Crippen molar-refractivity contribution in [3.63, 3.8) is 0 Å². The zero-order chi connectivity index (χ0) is 18.5. The summed E-state index contributed by atoms with van der Waals surface area (Å²) in [7, 11) is 1.87. The molecule has 1 spiro atoms. The van der Waals surface area contributed by atoms with Crippen LogP contribution in [0, 0.1) is 0 Å². The number of rotatable bonds is 1. The Morgan fingerprint density at radius 2 is 1.96 bits per heavy atom. The molecule has 2 aliphatic heterocycles. The molecule has 1 amide bonds. The summed E-state index contributed by atoms with van der Waals surface area (Å²) < 4.78 is 7.72. The molecule has 0 saturated carbocycles. The molecular formula is C19H23ClN2O4. The summed E-state index contributed by atoms with van der Waals surface area (Å²) in [5, 5.41) is 21.2. The summed E-state index contributed by atoms with van der Waals surface area (Å²) in [5.41, 5.74) is 1.14. The second kappa shape index (κ2) is 6.53. The van der Waals surface area contributed by atoms with Crippen molar-refractivity contribution in [2.75, 3.05) is 19.7 Å². The lowest BCUT2D eigenvalue weighted by atomic mass is 9.82. The van der Waals surface area contributed by atoms with E-state index < -0.39 is 17.8 Å². The molecule has 2 aliphatic rings. The molecule has 2 fully saturated rings. The van der Waals surface area contributed by atoms with Gasteiger partial charge in [0, 0.05) is 42.5 Å². The average Bonchev–Trinajstić information content (AvgIpc) is 2.95. The Kier molecular flexibility index (Phi) is 4.47. The molecule has 0 aliphatic carbocycles. The number of ether oxygens (including phenoxy) is 1. The zero-order valence-corrected chi connectivity index (χ0v) is 15.4. The standard InChI is InChI=1S/C19H23ClN2O4/c1-21-14-9-13(20)3-2-12(14)8-15(21)18(25)22-6-4-19(5-7-22)10-16(23)17(24)11-26-19/h2-3,8-9,16-17,23-24H,4-7,10-11H2,1H3/t16-,17+/m1/s1. The van der Waals surface area contributed by atoms with E-state index in [1.54, 1.807) is 0 Å². The highest BCUT2D eigenvalue weighted by atomic mass is 35.5. The summed E-state index contributed by atoms with van der Waals surface area (Å²) in [5.74, 6) is -0.00827. The van der Waals surface area contributed by atoms with Gasteiger partial charge in [-0.05, 0) is 31.0 Å². The van der Waals surface area contributed by atoms with Gasteiger partial charge in [-0.15, -0.1) is 0 Å². The number of hydrogen-bond donors (Lipinski definition) is 2. The molecule has 4 rings (SSSR count). The largest absolute Gasteiger partial charge is 0.390 e. The molecule has 140 valence electrons. The Bertz CT molecular complexity index is 841. The fourth-order valence-corrected chi connectivity index (χ4v) is 4.25. The molecule has 2 N–H and O–H groups in total. The normalized spacial score (nSPS) is 25.8. The monoisotopic (exact) mass is 378 g/mol. The number of fused-ring (bicyclic) bond motifs is 1. The number of amides is 1. The van der Waals surface area contributed by atoms with Crippen LogP contribution in [0.25, 0.3) is 10.9 Å². The number of benzene rings is 1. The first-order valence-electron chi connectivity index (χ1n) is 8.93. The van der Waals surface area contributed by atoms with Gasteiger partial charge in [0.05, 0.1) is 18.3 Å². The number of piperidine rings is 1. The highest BCUT2D eigenvalue weighted by Crippen LogP contribution is 2.35. The molecule has 26 heavy (non-hydrogen) atoms. The van der Waals surface area contributed by atoms with E-state index in [0.717, 1.165) is 10.9 Å². The van der Waals surface area contributed by atoms with E-state index in [1.165, 1.54) is 0 Å². The van der Waals surface area contributed by atoms with E-state index in [9.17, 15) is 15.0 Å². The average molecular weight is 379 g/mol. The third kappa shape index (κ3) is 3.01. The number of nitrogens with zero attached hydrogens (tertiary/aromatic N) is 2. The van der Waals surface area contributed by atoms with Crippen LogP contribution in [-0.4, -0.2) is 63.1 Å². The summed E-state index contributed by atoms with van der Waals surface area (Å²) in [6.45, 7) is 1.30. The third-order valence-corrected chi connectivity index (χ3v) is 6.01. The molecule has 2 aromatic rings. The van der Waals surface area contributed by atoms with Gasteiger partial charge in [-0.2, -0.15) is 0 Å². The molecule has 0 unspecified atom stereocenters. The number of hydrogen-bond acceptors (Lipinski definition) is 4. The SMILES string of the molecule is Cn1c(C(=O)N2CCC3(CC2)C[C@@H](O)[C@@H](O)CO3)cc2ccc(Cl)cc21. The van der Waals surface area contributed by atoms with Gasteiger partial charge in [-0.3, -0.25) is 4.79 Å². The second-order valence-corrected chi connectivity index (χ2v) is 7.85. The van der Waals surface area contributed by atoms with Crippen LogP contribution in [0.3, 0.4) is 0 Å². The van der Waals surface area contributed by atoms with Crippen molar-refractivity contribution in [1.82, 2.24) is 9.47 Å². The molecule has 1 aromatic heterocycles. The fraction of sp³-hybridized carbons (Fsp3) is 0.526. The third-order valence-electron chi connectivity index (χ3n) is 5.77. The number of likely N-dealkylation sites (tertiary alicyclic amines) is 1. The Balaban J connectivity index is 1.50. The highest BCUT2D eigenvalue weighted by Gasteiger charge is 2.43. The van der Waals surface area contributed by atoms with Crippen molar-refractivity contribution >= 4 is 28.4 Å². The molecular weight excluding hydrogens is 356 g/mol. The van der Waals surface area contributed by atoms with E-state index in [0.29, 0.717) is 43.1 Å². The van der Waals surface area contributed by atoms with Crippen molar-refractivity contribution in [3.05, 3.63) is 35.0 Å². The minimum atomic E-state index is -0.817. The smallest absolute Gasteiger partial charge is 0.270 e. The first-order chi connectivity index (χ1) is 12.4. The van der Waals surface area contributed by atoms with Gasteiger partial charge in [0.15, 0.2) is 0 Å². The first-order valence-corrected chi connectivity index (χ1v) is 9.31. The summed E-state index contributed by atoms with van der Waals surface area (Å²) in [6.07, 6.45) is 0.177. The molecule has 0 radical (unpaired) electrons. The van der Waals surface area contributed by atoms with Crippen LogP contribution in [0.2, 0.25) is 5.02 Å². The van der Waals surface area contributed by atoms with Crippen molar-refractivity contribution in [2.24, 2.45) is 7.05 Å². The lowest BCUT2D eigenvalue weighted by Gasteiger charge is -2.46. The molecule has 2 atom stereocenters. The van der Waals surface area contributed by atoms with Gasteiger partial charge in [0.25, 0.3) is 5.91 Å². The minimum absolute atomic E-state index is 0.00827. The van der Waals surface area contributed by atoms with Crippen LogP contribution < -0.4 is 0 Å². The lowest BCUT2D eigenvalue weighted by molar-refractivity contribution is -0.185. The Hall–Kier alpha value is -1.60. The molecule has 6 nitrogen and oxygen atoms in total. The second-order valence-electron chi connectivity index (χ2n) is 7.42. The van der Waals surface area contributed by atoms with E-state index in [4.69, 9.17) is 16.3 Å². The van der Waals surface area contributed by atoms with Crippen LogP contribution in [0.15, 0.2) is 24.3 Å². The number of aliphatic hydroxyl groups is 2. The number of carbonyl (C=O) groups is 1. The van der Waals surface area contributed by atoms with Crippen LogP contribution in [0.4, 0.5) is 0 Å². The topological polar surface area (TPSA) is 74.9 Å².